The molecule has 5 nitrogen and oxygen atoms in total. The van der Waals surface area contributed by atoms with Crippen LogP contribution in [0.2, 0.25) is 0 Å². The molecule has 1 fully saturated rings. The Labute approximate surface area is 90.4 Å². The zero-order chi connectivity index (χ0) is 11.3. The molecule has 2 N–H and O–H groups in total. The fourth-order valence-corrected chi connectivity index (χ4v) is 1.88. The Morgan fingerprint density at radius 1 is 1.73 bits per heavy atom. The first-order valence-corrected chi connectivity index (χ1v) is 5.36. The van der Waals surface area contributed by atoms with Crippen LogP contribution in [0.15, 0.2) is 0 Å². The summed E-state index contributed by atoms with van der Waals surface area (Å²) in [4.78, 5) is 13.4. The molecule has 5 heteroatoms. The molecule has 2 amide bonds. The van der Waals surface area contributed by atoms with Crippen molar-refractivity contribution in [2.45, 2.75) is 31.8 Å². The fourth-order valence-electron chi connectivity index (χ4n) is 1.88. The van der Waals surface area contributed by atoms with Crippen molar-refractivity contribution >= 4 is 6.03 Å². The van der Waals surface area contributed by atoms with Gasteiger partial charge in [0.05, 0.1) is 25.3 Å². The number of urea groups is 1. The van der Waals surface area contributed by atoms with Gasteiger partial charge in [0.2, 0.25) is 0 Å². The summed E-state index contributed by atoms with van der Waals surface area (Å²) in [7, 11) is 1.61. The van der Waals surface area contributed by atoms with Crippen molar-refractivity contribution < 1.29 is 14.6 Å². The Morgan fingerprint density at radius 3 is 3.07 bits per heavy atom. The summed E-state index contributed by atoms with van der Waals surface area (Å²) in [5, 5.41) is 11.9. The Balaban J connectivity index is 2.38. The van der Waals surface area contributed by atoms with E-state index in [0.29, 0.717) is 6.61 Å². The van der Waals surface area contributed by atoms with Gasteiger partial charge < -0.3 is 20.1 Å². The summed E-state index contributed by atoms with van der Waals surface area (Å²) < 4.78 is 4.94. The molecule has 1 aliphatic rings. The first kappa shape index (κ1) is 12.3. The van der Waals surface area contributed by atoms with Crippen molar-refractivity contribution in [1.29, 1.82) is 0 Å². The van der Waals surface area contributed by atoms with Crippen molar-refractivity contribution in [1.82, 2.24) is 10.2 Å². The molecule has 0 aromatic rings. The average molecular weight is 216 g/mol. The van der Waals surface area contributed by atoms with Gasteiger partial charge in [0, 0.05) is 13.7 Å². The molecule has 15 heavy (non-hydrogen) atoms. The standard InChI is InChI=1S/C10H20N2O3/c1-8(7-15-2)11-10(14)12-5-3-4-9(12)6-13/h8-9,13H,3-7H2,1-2H3,(H,11,14)/t8?,9-/m0/s1. The van der Waals surface area contributed by atoms with Gasteiger partial charge in [-0.15, -0.1) is 0 Å². The molecule has 0 bridgehead atoms. The lowest BCUT2D eigenvalue weighted by Gasteiger charge is -2.25. The van der Waals surface area contributed by atoms with Gasteiger partial charge in [0.1, 0.15) is 0 Å². The van der Waals surface area contributed by atoms with Crippen LogP contribution in [0.4, 0.5) is 4.79 Å². The number of aliphatic hydroxyl groups excluding tert-OH is 1. The Hall–Kier alpha value is -0.810. The van der Waals surface area contributed by atoms with E-state index in [1.807, 2.05) is 6.92 Å². The highest BCUT2D eigenvalue weighted by molar-refractivity contribution is 5.75. The SMILES string of the molecule is COCC(C)NC(=O)N1CCC[C@H]1CO. The van der Waals surface area contributed by atoms with E-state index in [2.05, 4.69) is 5.32 Å². The first-order chi connectivity index (χ1) is 7.19. The zero-order valence-corrected chi connectivity index (χ0v) is 9.40. The molecule has 1 saturated heterocycles. The van der Waals surface area contributed by atoms with Gasteiger partial charge in [-0.1, -0.05) is 0 Å². The zero-order valence-electron chi connectivity index (χ0n) is 9.40. The number of aliphatic hydroxyl groups is 1. The van der Waals surface area contributed by atoms with Crippen LogP contribution in [0.5, 0.6) is 0 Å². The molecule has 0 aliphatic carbocycles. The van der Waals surface area contributed by atoms with E-state index in [9.17, 15) is 4.79 Å². The number of carbonyl (C=O) groups is 1. The largest absolute Gasteiger partial charge is 0.394 e. The van der Waals surface area contributed by atoms with Gasteiger partial charge in [-0.3, -0.25) is 0 Å². The summed E-state index contributed by atoms with van der Waals surface area (Å²) in [6.07, 6.45) is 1.86. The van der Waals surface area contributed by atoms with Crippen molar-refractivity contribution in [2.24, 2.45) is 0 Å². The van der Waals surface area contributed by atoms with Crippen LogP contribution in [0.25, 0.3) is 0 Å². The van der Waals surface area contributed by atoms with Crippen molar-refractivity contribution in [3.05, 3.63) is 0 Å². The van der Waals surface area contributed by atoms with Crippen LogP contribution in [0.3, 0.4) is 0 Å². The maximum atomic E-state index is 11.7. The molecule has 0 aromatic heterocycles. The molecule has 1 heterocycles. The summed E-state index contributed by atoms with van der Waals surface area (Å²) in [5.41, 5.74) is 0. The van der Waals surface area contributed by atoms with Crippen LogP contribution in [0.1, 0.15) is 19.8 Å². The van der Waals surface area contributed by atoms with Gasteiger partial charge in [0.15, 0.2) is 0 Å². The Morgan fingerprint density at radius 2 is 2.47 bits per heavy atom. The van der Waals surface area contributed by atoms with E-state index in [-0.39, 0.29) is 24.7 Å². The minimum Gasteiger partial charge on any atom is -0.394 e. The maximum Gasteiger partial charge on any atom is 0.318 e. The van der Waals surface area contributed by atoms with Gasteiger partial charge in [-0.25, -0.2) is 4.79 Å². The van der Waals surface area contributed by atoms with Crippen LogP contribution < -0.4 is 5.32 Å². The quantitative estimate of drug-likeness (QED) is 0.705. The van der Waals surface area contributed by atoms with E-state index in [4.69, 9.17) is 9.84 Å². The van der Waals surface area contributed by atoms with Gasteiger partial charge in [0.25, 0.3) is 0 Å². The van der Waals surface area contributed by atoms with Crippen LogP contribution >= 0.6 is 0 Å². The lowest BCUT2D eigenvalue weighted by Crippen LogP contribution is -2.48. The van der Waals surface area contributed by atoms with E-state index in [1.54, 1.807) is 12.0 Å². The first-order valence-electron chi connectivity index (χ1n) is 5.36. The summed E-state index contributed by atoms with van der Waals surface area (Å²) >= 11 is 0. The number of methoxy groups -OCH3 is 1. The monoisotopic (exact) mass is 216 g/mol. The second kappa shape index (κ2) is 5.92. The van der Waals surface area contributed by atoms with Crippen molar-refractivity contribution in [2.75, 3.05) is 26.9 Å². The fraction of sp³-hybridized carbons (Fsp3) is 0.900. The third-order valence-corrected chi connectivity index (χ3v) is 2.64. The molecule has 0 spiro atoms. The second-order valence-corrected chi connectivity index (χ2v) is 3.98. The van der Waals surface area contributed by atoms with Gasteiger partial charge >= 0.3 is 6.03 Å². The number of likely N-dealkylation sites (tertiary alicyclic amines) is 1. The maximum absolute atomic E-state index is 11.7. The molecular formula is C10H20N2O3. The minimum absolute atomic E-state index is 0.00226. The molecule has 0 radical (unpaired) electrons. The lowest BCUT2D eigenvalue weighted by atomic mass is 10.2. The Kier molecular flexibility index (Phi) is 4.84. The number of rotatable bonds is 4. The average Bonchev–Trinajstić information content (AvgIpc) is 2.65. The smallest absolute Gasteiger partial charge is 0.318 e. The molecule has 0 aromatic carbocycles. The van der Waals surface area contributed by atoms with Gasteiger partial charge in [-0.05, 0) is 19.8 Å². The van der Waals surface area contributed by atoms with Crippen molar-refractivity contribution in [3.63, 3.8) is 0 Å². The molecule has 1 aliphatic heterocycles. The normalized spacial score (nSPS) is 22.9. The van der Waals surface area contributed by atoms with E-state index < -0.39 is 0 Å². The molecule has 88 valence electrons. The predicted octanol–water partition coefficient (Wildman–Crippen LogP) is 0.188. The number of nitrogens with zero attached hydrogens (tertiary/aromatic N) is 1. The summed E-state index contributed by atoms with van der Waals surface area (Å²) in [5.74, 6) is 0. The number of ether oxygens (including phenoxy) is 1. The summed E-state index contributed by atoms with van der Waals surface area (Å²) in [6, 6.07) is -0.113. The number of carbonyl (C=O) groups excluding carboxylic acids is 1. The third kappa shape index (κ3) is 3.35. The highest BCUT2D eigenvalue weighted by Crippen LogP contribution is 2.16. The second-order valence-electron chi connectivity index (χ2n) is 3.98. The molecular weight excluding hydrogens is 196 g/mol. The highest BCUT2D eigenvalue weighted by Gasteiger charge is 2.28. The van der Waals surface area contributed by atoms with Crippen molar-refractivity contribution in [3.8, 4) is 0 Å². The van der Waals surface area contributed by atoms with E-state index in [1.165, 1.54) is 0 Å². The summed E-state index contributed by atoms with van der Waals surface area (Å²) in [6.45, 7) is 3.18. The topological polar surface area (TPSA) is 61.8 Å². The minimum atomic E-state index is -0.101. The third-order valence-electron chi connectivity index (χ3n) is 2.64. The molecule has 2 atom stereocenters. The lowest BCUT2D eigenvalue weighted by molar-refractivity contribution is 0.141. The number of hydrogen-bond donors (Lipinski definition) is 2. The predicted molar refractivity (Wildman–Crippen MR) is 56.7 cm³/mol. The number of nitrogens with one attached hydrogen (secondary N) is 1. The van der Waals surface area contributed by atoms with E-state index in [0.717, 1.165) is 19.4 Å². The number of amides is 2. The number of hydrogen-bond acceptors (Lipinski definition) is 3. The highest BCUT2D eigenvalue weighted by atomic mass is 16.5. The molecule has 0 saturated carbocycles. The van der Waals surface area contributed by atoms with Crippen LogP contribution in [-0.2, 0) is 4.74 Å². The van der Waals surface area contributed by atoms with Crippen LogP contribution in [-0.4, -0.2) is 55.0 Å². The van der Waals surface area contributed by atoms with E-state index >= 15 is 0 Å². The molecule has 1 unspecified atom stereocenters. The van der Waals surface area contributed by atoms with Gasteiger partial charge in [-0.2, -0.15) is 0 Å². The van der Waals surface area contributed by atoms with Crippen LogP contribution in [0, 0.1) is 0 Å². The Bertz CT molecular complexity index is 211. The molecule has 1 rings (SSSR count).